The van der Waals surface area contributed by atoms with Gasteiger partial charge in [0, 0.05) is 12.0 Å². The van der Waals surface area contributed by atoms with Gasteiger partial charge in [-0.1, -0.05) is 13.8 Å². The Hall–Kier alpha value is -2.11. The molecule has 2 N–H and O–H groups in total. The number of fused-ring (bicyclic) bond motifs is 1. The molecule has 102 valence electrons. The van der Waals surface area contributed by atoms with Gasteiger partial charge in [0.1, 0.15) is 5.65 Å². The van der Waals surface area contributed by atoms with E-state index in [9.17, 15) is 9.59 Å². The number of rotatable bonds is 3. The minimum atomic E-state index is -0.186. The van der Waals surface area contributed by atoms with Gasteiger partial charge in [0.05, 0.1) is 23.5 Å². The zero-order chi connectivity index (χ0) is 14.2. The summed E-state index contributed by atoms with van der Waals surface area (Å²) in [4.78, 5) is 26.3. The molecular weight excluding hydrogens is 244 g/mol. The summed E-state index contributed by atoms with van der Waals surface area (Å²) in [5.41, 5.74) is 2.59. The van der Waals surface area contributed by atoms with Crippen molar-refractivity contribution in [2.75, 3.05) is 0 Å². The summed E-state index contributed by atoms with van der Waals surface area (Å²) in [5.74, 6) is -0.175. The van der Waals surface area contributed by atoms with E-state index in [4.69, 9.17) is 0 Å². The number of carbonyl (C=O) groups excluding carboxylic acids is 1. The first-order valence-electron chi connectivity index (χ1n) is 6.26. The molecule has 0 aliphatic rings. The summed E-state index contributed by atoms with van der Waals surface area (Å²) >= 11 is 0. The first kappa shape index (κ1) is 13.3. The van der Waals surface area contributed by atoms with Crippen LogP contribution in [0.3, 0.4) is 0 Å². The van der Waals surface area contributed by atoms with Gasteiger partial charge in [0.2, 0.25) is 5.91 Å². The van der Waals surface area contributed by atoms with Crippen molar-refractivity contribution >= 4 is 11.6 Å². The SMILES string of the molecule is Cc1cc2[nH]c(=O)c(CNC(=O)C(C)C)c(C)n2n1. The van der Waals surface area contributed by atoms with Crippen LogP contribution in [0.25, 0.3) is 5.65 Å². The van der Waals surface area contributed by atoms with Crippen molar-refractivity contribution in [1.29, 1.82) is 0 Å². The van der Waals surface area contributed by atoms with Crippen molar-refractivity contribution in [1.82, 2.24) is 19.9 Å². The van der Waals surface area contributed by atoms with E-state index >= 15 is 0 Å². The first-order chi connectivity index (χ1) is 8.90. The molecule has 0 atom stereocenters. The fourth-order valence-corrected chi connectivity index (χ4v) is 1.92. The van der Waals surface area contributed by atoms with Crippen LogP contribution in [0.2, 0.25) is 0 Å². The molecule has 0 bridgehead atoms. The molecule has 0 unspecified atom stereocenters. The van der Waals surface area contributed by atoms with Crippen LogP contribution in [0.1, 0.15) is 30.8 Å². The van der Waals surface area contributed by atoms with E-state index in [-0.39, 0.29) is 23.9 Å². The highest BCUT2D eigenvalue weighted by Crippen LogP contribution is 2.07. The lowest BCUT2D eigenvalue weighted by molar-refractivity contribution is -0.124. The molecule has 0 saturated heterocycles. The highest BCUT2D eigenvalue weighted by molar-refractivity contribution is 5.77. The molecule has 0 spiro atoms. The average Bonchev–Trinajstić information content (AvgIpc) is 2.69. The Morgan fingerprint density at radius 2 is 2.16 bits per heavy atom. The van der Waals surface area contributed by atoms with Crippen molar-refractivity contribution in [3.05, 3.63) is 33.4 Å². The molecule has 0 aliphatic heterocycles. The summed E-state index contributed by atoms with van der Waals surface area (Å²) in [6.07, 6.45) is 0. The highest BCUT2D eigenvalue weighted by Gasteiger charge is 2.13. The first-order valence-corrected chi connectivity index (χ1v) is 6.26. The van der Waals surface area contributed by atoms with Crippen LogP contribution in [0, 0.1) is 19.8 Å². The van der Waals surface area contributed by atoms with Crippen LogP contribution in [0.5, 0.6) is 0 Å². The largest absolute Gasteiger partial charge is 0.352 e. The molecule has 0 saturated carbocycles. The van der Waals surface area contributed by atoms with E-state index in [1.165, 1.54) is 0 Å². The van der Waals surface area contributed by atoms with E-state index in [0.717, 1.165) is 11.4 Å². The summed E-state index contributed by atoms with van der Waals surface area (Å²) in [6.45, 7) is 7.53. The molecule has 2 aromatic rings. The maximum Gasteiger partial charge on any atom is 0.256 e. The average molecular weight is 262 g/mol. The standard InChI is InChI=1S/C13H18N4O2/c1-7(2)12(18)14-6-10-9(4)17-11(15-13(10)19)5-8(3)16-17/h5,7H,6H2,1-4H3,(H,14,18)(H,15,19). The summed E-state index contributed by atoms with van der Waals surface area (Å²) in [6, 6.07) is 1.81. The van der Waals surface area contributed by atoms with Gasteiger partial charge in [-0.2, -0.15) is 5.10 Å². The molecule has 19 heavy (non-hydrogen) atoms. The number of amides is 1. The Labute approximate surface area is 110 Å². The van der Waals surface area contributed by atoms with Crippen molar-refractivity contribution in [2.45, 2.75) is 34.2 Å². The third-order valence-corrected chi connectivity index (χ3v) is 3.07. The predicted molar refractivity (Wildman–Crippen MR) is 72.0 cm³/mol. The van der Waals surface area contributed by atoms with Crippen molar-refractivity contribution in [2.24, 2.45) is 5.92 Å². The minimum Gasteiger partial charge on any atom is -0.352 e. The van der Waals surface area contributed by atoms with Crippen LogP contribution in [0.4, 0.5) is 0 Å². The Balaban J connectivity index is 2.38. The quantitative estimate of drug-likeness (QED) is 0.863. The van der Waals surface area contributed by atoms with Gasteiger partial charge >= 0.3 is 0 Å². The molecular formula is C13H18N4O2. The normalized spacial score (nSPS) is 11.2. The van der Waals surface area contributed by atoms with Crippen LogP contribution >= 0.6 is 0 Å². The molecule has 6 heteroatoms. The van der Waals surface area contributed by atoms with Crippen molar-refractivity contribution in [3.8, 4) is 0 Å². The Kier molecular flexibility index (Phi) is 3.42. The summed E-state index contributed by atoms with van der Waals surface area (Å²) < 4.78 is 1.69. The second-order valence-electron chi connectivity index (χ2n) is 4.97. The van der Waals surface area contributed by atoms with E-state index in [1.54, 1.807) is 4.52 Å². The lowest BCUT2D eigenvalue weighted by Crippen LogP contribution is -2.31. The topological polar surface area (TPSA) is 79.3 Å². The van der Waals surface area contributed by atoms with Gasteiger partial charge in [-0.3, -0.25) is 9.59 Å². The van der Waals surface area contributed by atoms with Gasteiger partial charge in [-0.05, 0) is 13.8 Å². The number of aryl methyl sites for hydroxylation is 2. The molecule has 2 rings (SSSR count). The van der Waals surface area contributed by atoms with Crippen LogP contribution in [-0.4, -0.2) is 20.5 Å². The Morgan fingerprint density at radius 3 is 2.79 bits per heavy atom. The number of hydrogen-bond donors (Lipinski definition) is 2. The van der Waals surface area contributed by atoms with E-state index < -0.39 is 0 Å². The lowest BCUT2D eigenvalue weighted by Gasteiger charge is -2.10. The third-order valence-electron chi connectivity index (χ3n) is 3.07. The van der Waals surface area contributed by atoms with Crippen LogP contribution in [0.15, 0.2) is 10.9 Å². The van der Waals surface area contributed by atoms with Crippen molar-refractivity contribution in [3.63, 3.8) is 0 Å². The van der Waals surface area contributed by atoms with Gasteiger partial charge < -0.3 is 10.3 Å². The second-order valence-corrected chi connectivity index (χ2v) is 4.97. The number of aromatic nitrogens is 3. The zero-order valence-corrected chi connectivity index (χ0v) is 11.6. The third kappa shape index (κ3) is 2.52. The number of carbonyl (C=O) groups is 1. The van der Waals surface area contributed by atoms with E-state index in [0.29, 0.717) is 11.2 Å². The van der Waals surface area contributed by atoms with Crippen LogP contribution < -0.4 is 10.9 Å². The Bertz CT molecular complexity index is 682. The molecule has 0 aromatic carbocycles. The predicted octanol–water partition coefficient (Wildman–Crippen LogP) is 0.912. The fraction of sp³-hybridized carbons (Fsp3) is 0.462. The number of H-pyrrole nitrogens is 1. The maximum absolute atomic E-state index is 12.0. The molecule has 2 heterocycles. The lowest BCUT2D eigenvalue weighted by atomic mass is 10.2. The molecule has 0 fully saturated rings. The van der Waals surface area contributed by atoms with Crippen molar-refractivity contribution < 1.29 is 4.79 Å². The molecule has 2 aromatic heterocycles. The second kappa shape index (κ2) is 4.87. The van der Waals surface area contributed by atoms with Gasteiger partial charge in [-0.25, -0.2) is 4.52 Å². The zero-order valence-electron chi connectivity index (χ0n) is 11.6. The molecule has 0 aliphatic carbocycles. The van der Waals surface area contributed by atoms with Gasteiger partial charge in [-0.15, -0.1) is 0 Å². The number of aromatic amines is 1. The smallest absolute Gasteiger partial charge is 0.256 e. The molecule has 1 amide bonds. The molecule has 0 radical (unpaired) electrons. The molecule has 6 nitrogen and oxygen atoms in total. The maximum atomic E-state index is 12.0. The van der Waals surface area contributed by atoms with Gasteiger partial charge in [0.15, 0.2) is 0 Å². The summed E-state index contributed by atoms with van der Waals surface area (Å²) in [5, 5.41) is 7.06. The number of nitrogens with zero attached hydrogens (tertiary/aromatic N) is 2. The Morgan fingerprint density at radius 1 is 1.47 bits per heavy atom. The van der Waals surface area contributed by atoms with Gasteiger partial charge in [0.25, 0.3) is 5.56 Å². The minimum absolute atomic E-state index is 0.0736. The van der Waals surface area contributed by atoms with E-state index in [2.05, 4.69) is 15.4 Å². The van der Waals surface area contributed by atoms with E-state index in [1.807, 2.05) is 33.8 Å². The van der Waals surface area contributed by atoms with Crippen LogP contribution in [-0.2, 0) is 11.3 Å². The monoisotopic (exact) mass is 262 g/mol. The number of hydrogen-bond acceptors (Lipinski definition) is 3. The summed E-state index contributed by atoms with van der Waals surface area (Å²) in [7, 11) is 0. The fourth-order valence-electron chi connectivity index (χ4n) is 1.92. The number of nitrogens with one attached hydrogen (secondary N) is 2. The highest BCUT2D eigenvalue weighted by atomic mass is 16.2.